The summed E-state index contributed by atoms with van der Waals surface area (Å²) in [5.41, 5.74) is 1.00. The predicted octanol–water partition coefficient (Wildman–Crippen LogP) is 6.73. The van der Waals surface area contributed by atoms with Gasteiger partial charge in [-0.15, -0.1) is 0 Å². The summed E-state index contributed by atoms with van der Waals surface area (Å²) in [5.74, 6) is 3.46. The molecular weight excluding hydrogens is 696 g/mol. The van der Waals surface area contributed by atoms with Gasteiger partial charge in [-0.3, -0.25) is 9.59 Å². The molecular formula is C26H27Br3O9. The topological polar surface area (TPSA) is 110 Å². The number of benzene rings is 3. The summed E-state index contributed by atoms with van der Waals surface area (Å²) in [4.78, 5) is 20.9. The molecule has 0 saturated heterocycles. The fraction of sp³-hybridized carbons (Fsp3) is 0.231. The standard InChI is InChI=1S/C9H11BrO3.C9H9BrO3.C8H7BrO3/c1-11-6-4-7(10)9(13-3)8(5-6)12-2;1-12-8-4-6(5-11)3-7(10)9(8)13-2;1-12-7-3-5(4-10)2-6(9)8(7)11/h4-5H,1-3H3;3-5H,1-2H3;2-4,11H,1H3. The molecule has 0 spiro atoms. The highest BCUT2D eigenvalue weighted by Gasteiger charge is 2.11. The summed E-state index contributed by atoms with van der Waals surface area (Å²) in [6.07, 6.45) is 1.44. The molecule has 12 heteroatoms. The monoisotopic (exact) mass is 720 g/mol. The maximum atomic E-state index is 10.5. The van der Waals surface area contributed by atoms with Crippen LogP contribution in [0.4, 0.5) is 0 Å². The lowest BCUT2D eigenvalue weighted by molar-refractivity contribution is 0.111. The number of methoxy groups -OCH3 is 6. The number of carbonyl (C=O) groups is 2. The van der Waals surface area contributed by atoms with Gasteiger partial charge in [-0.1, -0.05) is 0 Å². The highest BCUT2D eigenvalue weighted by Crippen LogP contribution is 2.39. The Morgan fingerprint density at radius 2 is 0.974 bits per heavy atom. The average Bonchev–Trinajstić information content (AvgIpc) is 2.93. The fourth-order valence-electron chi connectivity index (χ4n) is 2.84. The Morgan fingerprint density at radius 3 is 1.39 bits per heavy atom. The molecule has 0 amide bonds. The molecule has 9 nitrogen and oxygen atoms in total. The fourth-order valence-corrected chi connectivity index (χ4v) is 4.50. The van der Waals surface area contributed by atoms with Gasteiger partial charge in [0.05, 0.1) is 56.1 Å². The van der Waals surface area contributed by atoms with Crippen molar-refractivity contribution in [1.82, 2.24) is 0 Å². The smallest absolute Gasteiger partial charge is 0.175 e. The SMILES string of the molecule is COc1cc(Br)c(OC)c(OC)c1.COc1cc(C=O)cc(Br)c1O.COc1cc(C=O)cc(Br)c1OC. The van der Waals surface area contributed by atoms with E-state index in [1.807, 2.05) is 6.07 Å². The number of rotatable bonds is 8. The van der Waals surface area contributed by atoms with Gasteiger partial charge < -0.3 is 33.5 Å². The van der Waals surface area contributed by atoms with Crippen molar-refractivity contribution in [2.75, 3.05) is 42.7 Å². The van der Waals surface area contributed by atoms with Crippen molar-refractivity contribution in [3.05, 3.63) is 60.9 Å². The number of hydrogen-bond donors (Lipinski definition) is 1. The largest absolute Gasteiger partial charge is 0.503 e. The van der Waals surface area contributed by atoms with E-state index in [9.17, 15) is 14.7 Å². The van der Waals surface area contributed by atoms with Crippen LogP contribution < -0.4 is 28.4 Å². The van der Waals surface area contributed by atoms with Crippen LogP contribution in [0.2, 0.25) is 0 Å². The van der Waals surface area contributed by atoms with Gasteiger partial charge in [0.15, 0.2) is 34.5 Å². The second kappa shape index (κ2) is 16.8. The van der Waals surface area contributed by atoms with Crippen LogP contribution in [0, 0.1) is 0 Å². The van der Waals surface area contributed by atoms with Crippen molar-refractivity contribution >= 4 is 60.4 Å². The quantitative estimate of drug-likeness (QED) is 0.253. The molecule has 3 aromatic rings. The van der Waals surface area contributed by atoms with Gasteiger partial charge in [0.25, 0.3) is 0 Å². The number of ether oxygens (including phenoxy) is 6. The molecule has 0 aromatic heterocycles. The first-order valence-corrected chi connectivity index (χ1v) is 12.9. The summed E-state index contributed by atoms with van der Waals surface area (Å²) in [5, 5.41) is 9.33. The molecule has 38 heavy (non-hydrogen) atoms. The summed E-state index contributed by atoms with van der Waals surface area (Å²) in [7, 11) is 9.28. The molecule has 0 radical (unpaired) electrons. The van der Waals surface area contributed by atoms with Crippen molar-refractivity contribution in [1.29, 1.82) is 0 Å². The summed E-state index contributed by atoms with van der Waals surface area (Å²) in [6.45, 7) is 0. The van der Waals surface area contributed by atoms with Crippen molar-refractivity contribution in [2.24, 2.45) is 0 Å². The first kappa shape index (κ1) is 33.1. The zero-order chi connectivity index (χ0) is 28.8. The van der Waals surface area contributed by atoms with E-state index < -0.39 is 0 Å². The lowest BCUT2D eigenvalue weighted by Gasteiger charge is -2.10. The number of halogens is 3. The summed E-state index contributed by atoms with van der Waals surface area (Å²) < 4.78 is 32.3. The normalized spacial score (nSPS) is 9.50. The van der Waals surface area contributed by atoms with E-state index in [4.69, 9.17) is 28.4 Å². The first-order chi connectivity index (χ1) is 18.1. The summed E-state index contributed by atoms with van der Waals surface area (Å²) in [6, 6.07) is 9.87. The third-order valence-electron chi connectivity index (χ3n) is 4.64. The Hall–Kier alpha value is -2.96. The number of carbonyl (C=O) groups excluding carboxylic acids is 2. The Labute approximate surface area is 246 Å². The van der Waals surface area contributed by atoms with Crippen LogP contribution in [0.15, 0.2) is 49.8 Å². The minimum absolute atomic E-state index is 0.00287. The van der Waals surface area contributed by atoms with E-state index in [-0.39, 0.29) is 11.5 Å². The highest BCUT2D eigenvalue weighted by molar-refractivity contribution is 9.11. The van der Waals surface area contributed by atoms with Gasteiger partial charge >= 0.3 is 0 Å². The van der Waals surface area contributed by atoms with Gasteiger partial charge in [0.2, 0.25) is 0 Å². The molecule has 0 bridgehead atoms. The second-order valence-electron chi connectivity index (χ2n) is 6.87. The molecule has 3 aromatic carbocycles. The van der Waals surface area contributed by atoms with E-state index in [2.05, 4.69) is 47.8 Å². The molecule has 0 atom stereocenters. The third kappa shape index (κ3) is 9.10. The summed E-state index contributed by atoms with van der Waals surface area (Å²) >= 11 is 9.72. The van der Waals surface area contributed by atoms with Crippen LogP contribution in [0.5, 0.6) is 40.2 Å². The molecule has 1 N–H and O–H groups in total. The van der Waals surface area contributed by atoms with Crippen LogP contribution in [-0.4, -0.2) is 60.3 Å². The first-order valence-electron chi connectivity index (χ1n) is 10.5. The van der Waals surface area contributed by atoms with E-state index in [1.54, 1.807) is 46.6 Å². The Kier molecular flexibility index (Phi) is 14.6. The third-order valence-corrected chi connectivity index (χ3v) is 6.42. The van der Waals surface area contributed by atoms with Crippen molar-refractivity contribution in [3.63, 3.8) is 0 Å². The molecule has 0 unspecified atom stereocenters. The zero-order valence-electron chi connectivity index (χ0n) is 21.5. The zero-order valence-corrected chi connectivity index (χ0v) is 26.2. The number of phenolic OH excluding ortho intramolecular Hbond substituents is 1. The average molecular weight is 723 g/mol. The van der Waals surface area contributed by atoms with Gasteiger partial charge in [0, 0.05) is 17.2 Å². The van der Waals surface area contributed by atoms with E-state index in [0.717, 1.165) is 16.5 Å². The van der Waals surface area contributed by atoms with Gasteiger partial charge in [0.1, 0.15) is 18.3 Å². The number of aldehydes is 2. The van der Waals surface area contributed by atoms with Crippen LogP contribution in [-0.2, 0) is 0 Å². The van der Waals surface area contributed by atoms with Crippen molar-refractivity contribution < 1.29 is 43.1 Å². The molecule has 0 heterocycles. The van der Waals surface area contributed by atoms with Crippen LogP contribution in [0.1, 0.15) is 20.7 Å². The minimum atomic E-state index is 0.00287. The lowest BCUT2D eigenvalue weighted by Crippen LogP contribution is -1.93. The van der Waals surface area contributed by atoms with Gasteiger partial charge in [-0.25, -0.2) is 0 Å². The molecule has 0 fully saturated rings. The van der Waals surface area contributed by atoms with Crippen molar-refractivity contribution in [3.8, 4) is 40.2 Å². The molecule has 3 rings (SSSR count). The molecule has 0 saturated carbocycles. The van der Waals surface area contributed by atoms with Gasteiger partial charge in [-0.2, -0.15) is 0 Å². The number of aromatic hydroxyl groups is 1. The van der Waals surface area contributed by atoms with E-state index in [0.29, 0.717) is 49.4 Å². The predicted molar refractivity (Wildman–Crippen MR) is 154 cm³/mol. The second-order valence-corrected chi connectivity index (χ2v) is 9.44. The lowest BCUT2D eigenvalue weighted by atomic mass is 10.2. The maximum absolute atomic E-state index is 10.5. The Bertz CT molecular complexity index is 1230. The van der Waals surface area contributed by atoms with Crippen LogP contribution >= 0.6 is 47.8 Å². The number of phenols is 1. The minimum Gasteiger partial charge on any atom is -0.503 e. The molecule has 0 aliphatic carbocycles. The maximum Gasteiger partial charge on any atom is 0.175 e. The van der Waals surface area contributed by atoms with Crippen molar-refractivity contribution in [2.45, 2.75) is 0 Å². The number of hydrogen-bond acceptors (Lipinski definition) is 9. The molecule has 206 valence electrons. The van der Waals surface area contributed by atoms with Gasteiger partial charge in [-0.05, 0) is 78.1 Å². The van der Waals surface area contributed by atoms with E-state index >= 15 is 0 Å². The Balaban J connectivity index is 0.000000285. The molecule has 0 aliphatic rings. The van der Waals surface area contributed by atoms with Crippen LogP contribution in [0.3, 0.4) is 0 Å². The Morgan fingerprint density at radius 1 is 0.553 bits per heavy atom. The highest BCUT2D eigenvalue weighted by atomic mass is 79.9. The van der Waals surface area contributed by atoms with E-state index in [1.165, 1.54) is 26.4 Å². The molecule has 0 aliphatic heterocycles. The van der Waals surface area contributed by atoms with Crippen LogP contribution in [0.25, 0.3) is 0 Å².